The quantitative estimate of drug-likeness (QED) is 0.153. The van der Waals surface area contributed by atoms with E-state index in [9.17, 15) is 32.3 Å². The first-order chi connectivity index (χ1) is 22.7. The Morgan fingerprint density at radius 3 is 2.21 bits per heavy atom. The average molecular weight is 693 g/mol. The molecular weight excluding hydrogens is 661 g/mol. The van der Waals surface area contributed by atoms with Gasteiger partial charge in [-0.3, -0.25) is 14.4 Å². The van der Waals surface area contributed by atoms with Gasteiger partial charge in [0.05, 0.1) is 12.6 Å². The molecule has 14 nitrogen and oxygen atoms in total. The van der Waals surface area contributed by atoms with Gasteiger partial charge in [0.25, 0.3) is 5.91 Å². The maximum atomic E-state index is 12.9. The molecule has 1 aromatic heterocycles. The van der Waals surface area contributed by atoms with Crippen molar-refractivity contribution < 1.29 is 41.8 Å². The summed E-state index contributed by atoms with van der Waals surface area (Å²) in [5, 5.41) is 11.5. The summed E-state index contributed by atoms with van der Waals surface area (Å²) in [5.41, 5.74) is 0.859. The Labute approximate surface area is 277 Å². The van der Waals surface area contributed by atoms with Crippen LogP contribution in [-0.4, -0.2) is 90.1 Å². The number of rotatable bonds is 13. The van der Waals surface area contributed by atoms with E-state index in [1.54, 1.807) is 12.1 Å². The number of nitrogens with one attached hydrogen (secondary N) is 4. The van der Waals surface area contributed by atoms with Crippen molar-refractivity contribution >= 4 is 52.9 Å². The van der Waals surface area contributed by atoms with E-state index in [0.717, 1.165) is 17.6 Å². The third-order valence-corrected chi connectivity index (χ3v) is 7.24. The molecule has 48 heavy (non-hydrogen) atoms. The van der Waals surface area contributed by atoms with Gasteiger partial charge in [0, 0.05) is 36.9 Å². The fraction of sp³-hybridized carbons (Fsp3) is 0.367. The predicted molar refractivity (Wildman–Crippen MR) is 167 cm³/mol. The predicted octanol–water partition coefficient (Wildman–Crippen LogP) is 3.18. The number of alkyl halides is 3. The van der Waals surface area contributed by atoms with Crippen LogP contribution in [-0.2, 0) is 24.7 Å². The molecule has 3 aromatic rings. The number of likely N-dealkylation sites (N-methyl/N-ethyl adjacent to an activating group) is 1. The van der Waals surface area contributed by atoms with Crippen molar-refractivity contribution in [3.8, 4) is 6.01 Å². The van der Waals surface area contributed by atoms with E-state index >= 15 is 0 Å². The average Bonchev–Trinajstić information content (AvgIpc) is 3.82. The number of hydrogen-bond donors (Lipinski definition) is 4. The lowest BCUT2D eigenvalue weighted by atomic mass is 10.1. The monoisotopic (exact) mass is 692 g/mol. The van der Waals surface area contributed by atoms with Gasteiger partial charge in [-0.05, 0) is 61.2 Å². The Balaban J connectivity index is 1.45. The lowest BCUT2D eigenvalue weighted by Crippen LogP contribution is -2.45. The molecule has 2 aromatic carbocycles. The van der Waals surface area contributed by atoms with Crippen LogP contribution in [0.5, 0.6) is 6.01 Å². The first-order valence-electron chi connectivity index (χ1n) is 14.4. The van der Waals surface area contributed by atoms with E-state index in [-0.39, 0.29) is 30.4 Å². The molecule has 3 amide bonds. The Morgan fingerprint density at radius 2 is 1.62 bits per heavy atom. The van der Waals surface area contributed by atoms with Crippen LogP contribution in [0.1, 0.15) is 35.2 Å². The Morgan fingerprint density at radius 1 is 0.979 bits per heavy atom. The van der Waals surface area contributed by atoms with Gasteiger partial charge >= 0.3 is 30.0 Å². The third-order valence-electron chi connectivity index (χ3n) is 6.99. The molecule has 0 spiro atoms. The van der Waals surface area contributed by atoms with Gasteiger partial charge in [-0.25, -0.2) is 4.79 Å². The van der Waals surface area contributed by atoms with Crippen LogP contribution in [0.4, 0.5) is 30.8 Å². The lowest BCUT2D eigenvalue weighted by Gasteiger charge is -2.19. The summed E-state index contributed by atoms with van der Waals surface area (Å²) in [6, 6.07) is 11.2. The molecule has 1 heterocycles. The summed E-state index contributed by atoms with van der Waals surface area (Å²) in [6.45, 7) is -1.71. The summed E-state index contributed by atoms with van der Waals surface area (Å²) >= 11 is 6.01. The number of nitrogens with zero attached hydrogens (tertiary/aromatic N) is 4. The minimum Gasteiger partial charge on any atom is -0.467 e. The van der Waals surface area contributed by atoms with Crippen LogP contribution in [0.3, 0.4) is 0 Å². The van der Waals surface area contributed by atoms with Gasteiger partial charge in [0.1, 0.15) is 6.04 Å². The molecule has 1 aliphatic rings. The van der Waals surface area contributed by atoms with E-state index in [2.05, 4.69) is 36.2 Å². The minimum atomic E-state index is -4.63. The molecule has 4 rings (SSSR count). The summed E-state index contributed by atoms with van der Waals surface area (Å²) in [6.07, 6.45) is -3.25. The number of halogens is 4. The first kappa shape index (κ1) is 35.7. The number of carbonyl (C=O) groups is 4. The molecule has 0 radical (unpaired) electrons. The van der Waals surface area contributed by atoms with Crippen molar-refractivity contribution in [3.63, 3.8) is 0 Å². The second-order valence-electron chi connectivity index (χ2n) is 10.9. The number of esters is 1. The molecule has 1 fully saturated rings. The zero-order valence-electron chi connectivity index (χ0n) is 26.0. The SMILES string of the molecule is COC(=O)C(CCNC(=O)C(=O)N(C)C)NC(=O)c1ccc(Nc2nc(NC3(c4ccc(Cl)cc4)CC3)nc(OCC(F)(F)F)n2)cc1. The molecule has 256 valence electrons. The van der Waals surface area contributed by atoms with E-state index in [4.69, 9.17) is 21.1 Å². The van der Waals surface area contributed by atoms with Crippen LogP contribution in [0.25, 0.3) is 0 Å². The Kier molecular flexibility index (Phi) is 11.3. The number of methoxy groups -OCH3 is 1. The number of hydrogen-bond acceptors (Lipinski definition) is 11. The Bertz CT molecular complexity index is 1640. The van der Waals surface area contributed by atoms with Crippen LogP contribution in [0.2, 0.25) is 5.02 Å². The number of carbonyl (C=O) groups excluding carboxylic acids is 4. The fourth-order valence-corrected chi connectivity index (χ4v) is 4.47. The summed E-state index contributed by atoms with van der Waals surface area (Å²) in [5.74, 6) is -3.20. The molecule has 1 aliphatic carbocycles. The normalized spacial score (nSPS) is 13.8. The Hall–Kier alpha value is -5.19. The molecule has 1 atom stereocenters. The molecule has 0 saturated heterocycles. The number of ether oxygens (including phenoxy) is 2. The van der Waals surface area contributed by atoms with Gasteiger partial charge in [-0.1, -0.05) is 23.7 Å². The molecule has 1 saturated carbocycles. The maximum Gasteiger partial charge on any atom is 0.422 e. The van der Waals surface area contributed by atoms with E-state index in [1.807, 2.05) is 12.1 Å². The minimum absolute atomic E-state index is 0.0238. The van der Waals surface area contributed by atoms with Crippen molar-refractivity contribution in [2.45, 2.75) is 37.0 Å². The van der Waals surface area contributed by atoms with Crippen LogP contribution < -0.4 is 26.0 Å². The van der Waals surface area contributed by atoms with Crippen LogP contribution in [0.15, 0.2) is 48.5 Å². The molecule has 0 bridgehead atoms. The van der Waals surface area contributed by atoms with Crippen molar-refractivity contribution in [1.29, 1.82) is 0 Å². The first-order valence-corrected chi connectivity index (χ1v) is 14.8. The van der Waals surface area contributed by atoms with E-state index in [0.29, 0.717) is 23.6 Å². The lowest BCUT2D eigenvalue weighted by molar-refractivity contribution is -0.154. The van der Waals surface area contributed by atoms with E-state index < -0.39 is 54.1 Å². The molecule has 18 heteroatoms. The highest BCUT2D eigenvalue weighted by molar-refractivity contribution is 6.34. The number of aromatic nitrogens is 3. The van der Waals surface area contributed by atoms with Crippen LogP contribution in [0, 0.1) is 0 Å². The summed E-state index contributed by atoms with van der Waals surface area (Å²) in [4.78, 5) is 62.1. The topological polar surface area (TPSA) is 177 Å². The molecule has 1 unspecified atom stereocenters. The number of amides is 3. The molecular formula is C30H32ClF3N8O6. The largest absolute Gasteiger partial charge is 0.467 e. The zero-order valence-corrected chi connectivity index (χ0v) is 26.7. The van der Waals surface area contributed by atoms with Gasteiger partial charge in [0.15, 0.2) is 6.61 Å². The standard InChI is InChI=1S/C30H32ClF3N8O6/c1-42(2)24(45)23(44)35-15-12-21(25(46)47-3)37-22(43)17-4-10-20(11-5-17)36-26-38-27(40-28(39-26)48-16-30(32,33)34)41-29(13-14-29)18-6-8-19(31)9-7-18/h4-11,21H,12-16H2,1-3H3,(H,35,44)(H,37,43)(H2,36,38,39,40,41). The number of benzene rings is 2. The second kappa shape index (κ2) is 15.1. The van der Waals surface area contributed by atoms with Crippen molar-refractivity contribution in [1.82, 2.24) is 30.5 Å². The van der Waals surface area contributed by atoms with Gasteiger partial charge in [0.2, 0.25) is 11.9 Å². The smallest absolute Gasteiger partial charge is 0.422 e. The number of anilines is 3. The van der Waals surface area contributed by atoms with E-state index in [1.165, 1.54) is 38.4 Å². The van der Waals surface area contributed by atoms with Crippen LogP contribution >= 0.6 is 11.6 Å². The van der Waals surface area contributed by atoms with Gasteiger partial charge in [-0.2, -0.15) is 28.1 Å². The fourth-order valence-electron chi connectivity index (χ4n) is 4.35. The molecule has 0 aliphatic heterocycles. The van der Waals surface area contributed by atoms with Crippen molar-refractivity contribution in [2.75, 3.05) is 45.0 Å². The van der Waals surface area contributed by atoms with Gasteiger partial charge in [-0.15, -0.1) is 0 Å². The van der Waals surface area contributed by atoms with Gasteiger partial charge < -0.3 is 35.6 Å². The highest BCUT2D eigenvalue weighted by Gasteiger charge is 2.45. The zero-order chi connectivity index (χ0) is 35.1. The van der Waals surface area contributed by atoms with Crippen molar-refractivity contribution in [3.05, 3.63) is 64.7 Å². The second-order valence-corrected chi connectivity index (χ2v) is 11.3. The highest BCUT2D eigenvalue weighted by atomic mass is 35.5. The van der Waals surface area contributed by atoms with Crippen molar-refractivity contribution in [2.24, 2.45) is 0 Å². The maximum absolute atomic E-state index is 12.9. The summed E-state index contributed by atoms with van der Waals surface area (Å²) < 4.78 is 48.2. The summed E-state index contributed by atoms with van der Waals surface area (Å²) in [7, 11) is 3.96. The highest BCUT2D eigenvalue weighted by Crippen LogP contribution is 2.48. The molecule has 4 N–H and O–H groups in total. The third kappa shape index (κ3) is 9.90.